The Bertz CT molecular complexity index is 926. The molecule has 1 heterocycles. The summed E-state index contributed by atoms with van der Waals surface area (Å²) < 4.78 is 41.6. The van der Waals surface area contributed by atoms with Crippen LogP contribution in [0.5, 0.6) is 0 Å². The minimum atomic E-state index is -4.73. The summed E-state index contributed by atoms with van der Waals surface area (Å²) in [4.78, 5) is 12.5. The second-order valence-corrected chi connectivity index (χ2v) is 5.98. The van der Waals surface area contributed by atoms with Crippen LogP contribution in [0, 0.1) is 13.8 Å². The van der Waals surface area contributed by atoms with Crippen molar-refractivity contribution < 1.29 is 18.0 Å². The molecule has 0 aliphatic carbocycles. The number of carbonyl (C=O) groups is 1. The van der Waals surface area contributed by atoms with Crippen LogP contribution in [0.25, 0.3) is 5.69 Å². The van der Waals surface area contributed by atoms with E-state index in [1.807, 2.05) is 19.9 Å². The van der Waals surface area contributed by atoms with Crippen LogP contribution in [0.1, 0.15) is 27.2 Å². The van der Waals surface area contributed by atoms with Gasteiger partial charge in [-0.05, 0) is 49.2 Å². The molecule has 0 atom stereocenters. The molecule has 0 saturated carbocycles. The number of carbonyl (C=O) groups excluding carboxylic acids is 1. The lowest BCUT2D eigenvalue weighted by atomic mass is 10.1. The molecule has 134 valence electrons. The first-order valence-electron chi connectivity index (χ1n) is 7.86. The number of aromatic nitrogens is 2. The monoisotopic (exact) mass is 359 g/mol. The van der Waals surface area contributed by atoms with Gasteiger partial charge in [-0.3, -0.25) is 4.79 Å². The van der Waals surface area contributed by atoms with Gasteiger partial charge in [-0.15, -0.1) is 0 Å². The Morgan fingerprint density at radius 1 is 1.04 bits per heavy atom. The van der Waals surface area contributed by atoms with Crippen LogP contribution >= 0.6 is 0 Å². The van der Waals surface area contributed by atoms with Crippen molar-refractivity contribution in [2.45, 2.75) is 20.0 Å². The third-order valence-corrected chi connectivity index (χ3v) is 3.76. The number of amides is 1. The van der Waals surface area contributed by atoms with E-state index >= 15 is 0 Å². The van der Waals surface area contributed by atoms with E-state index < -0.39 is 23.3 Å². The van der Waals surface area contributed by atoms with Crippen LogP contribution in [0.4, 0.5) is 18.9 Å². The Kier molecular flexibility index (Phi) is 4.54. The third kappa shape index (κ3) is 3.61. The lowest BCUT2D eigenvalue weighted by Crippen LogP contribution is -2.20. The molecule has 0 unspecified atom stereocenters. The highest BCUT2D eigenvalue weighted by Crippen LogP contribution is 2.34. The number of nitrogens with one attached hydrogen (secondary N) is 1. The van der Waals surface area contributed by atoms with Gasteiger partial charge in [0.1, 0.15) is 0 Å². The van der Waals surface area contributed by atoms with Crippen LogP contribution in [-0.4, -0.2) is 15.7 Å². The van der Waals surface area contributed by atoms with Gasteiger partial charge in [0.2, 0.25) is 0 Å². The molecule has 0 bridgehead atoms. The van der Waals surface area contributed by atoms with Crippen molar-refractivity contribution in [1.82, 2.24) is 9.78 Å². The first-order chi connectivity index (χ1) is 12.3. The molecule has 4 nitrogen and oxygen atoms in total. The molecule has 1 N–H and O–H groups in total. The number of nitrogens with zero attached hydrogens (tertiary/aromatic N) is 2. The van der Waals surface area contributed by atoms with Crippen molar-refractivity contribution in [3.05, 3.63) is 77.1 Å². The largest absolute Gasteiger partial charge is 0.434 e. The number of benzene rings is 2. The standard InChI is InChI=1S/C19H16F3N3O/c1-12-8-13(2)10-14(9-12)24-18(26)16-11-23-25(17(16)19(20,21)22)15-6-4-3-5-7-15/h3-11H,1-2H3,(H,24,26). The van der Waals surface area contributed by atoms with E-state index in [-0.39, 0.29) is 5.69 Å². The van der Waals surface area contributed by atoms with Crippen molar-refractivity contribution in [3.63, 3.8) is 0 Å². The van der Waals surface area contributed by atoms with E-state index in [1.165, 1.54) is 12.1 Å². The zero-order valence-corrected chi connectivity index (χ0v) is 14.1. The average molecular weight is 359 g/mol. The molecule has 2 aromatic carbocycles. The fourth-order valence-electron chi connectivity index (χ4n) is 2.80. The van der Waals surface area contributed by atoms with Gasteiger partial charge in [0.05, 0.1) is 17.4 Å². The SMILES string of the molecule is Cc1cc(C)cc(NC(=O)c2cnn(-c3ccccc3)c2C(F)(F)F)c1. The summed E-state index contributed by atoms with van der Waals surface area (Å²) in [7, 11) is 0. The molecule has 0 spiro atoms. The molecular formula is C19H16F3N3O. The Labute approximate surface area is 148 Å². The van der Waals surface area contributed by atoms with E-state index in [2.05, 4.69) is 10.4 Å². The Morgan fingerprint density at radius 2 is 1.65 bits per heavy atom. The fourth-order valence-corrected chi connectivity index (χ4v) is 2.80. The zero-order chi connectivity index (χ0) is 18.9. The van der Waals surface area contributed by atoms with Gasteiger partial charge in [0.25, 0.3) is 5.91 Å². The molecule has 1 amide bonds. The molecule has 3 rings (SSSR count). The van der Waals surface area contributed by atoms with Gasteiger partial charge < -0.3 is 5.32 Å². The summed E-state index contributed by atoms with van der Waals surface area (Å²) in [6.45, 7) is 3.69. The molecule has 0 fully saturated rings. The molecule has 0 radical (unpaired) electrons. The molecule has 0 aliphatic rings. The first-order valence-corrected chi connectivity index (χ1v) is 7.86. The molecule has 1 aromatic heterocycles. The summed E-state index contributed by atoms with van der Waals surface area (Å²) in [5, 5.41) is 6.31. The lowest BCUT2D eigenvalue weighted by molar-refractivity contribution is -0.143. The third-order valence-electron chi connectivity index (χ3n) is 3.76. The highest BCUT2D eigenvalue weighted by atomic mass is 19.4. The highest BCUT2D eigenvalue weighted by Gasteiger charge is 2.40. The van der Waals surface area contributed by atoms with Crippen molar-refractivity contribution >= 4 is 11.6 Å². The van der Waals surface area contributed by atoms with Crippen LogP contribution < -0.4 is 5.32 Å². The number of para-hydroxylation sites is 1. The van der Waals surface area contributed by atoms with E-state index in [0.717, 1.165) is 22.0 Å². The predicted octanol–water partition coefficient (Wildman–Crippen LogP) is 4.76. The quantitative estimate of drug-likeness (QED) is 0.733. The summed E-state index contributed by atoms with van der Waals surface area (Å²) in [5.74, 6) is -0.857. The van der Waals surface area contributed by atoms with Crippen molar-refractivity contribution in [1.29, 1.82) is 0 Å². The highest BCUT2D eigenvalue weighted by molar-refractivity contribution is 6.05. The fraction of sp³-hybridized carbons (Fsp3) is 0.158. The van der Waals surface area contributed by atoms with E-state index in [1.54, 1.807) is 30.3 Å². The van der Waals surface area contributed by atoms with E-state index in [4.69, 9.17) is 0 Å². The number of alkyl halides is 3. The Balaban J connectivity index is 2.02. The second-order valence-electron chi connectivity index (χ2n) is 5.98. The minimum absolute atomic E-state index is 0.227. The van der Waals surface area contributed by atoms with E-state index in [9.17, 15) is 18.0 Å². The Morgan fingerprint density at radius 3 is 2.23 bits per heavy atom. The number of hydrogen-bond donors (Lipinski definition) is 1. The van der Waals surface area contributed by atoms with Crippen molar-refractivity contribution in [3.8, 4) is 5.69 Å². The number of aryl methyl sites for hydroxylation is 2. The van der Waals surface area contributed by atoms with Gasteiger partial charge in [-0.2, -0.15) is 18.3 Å². The topological polar surface area (TPSA) is 46.9 Å². The van der Waals surface area contributed by atoms with Gasteiger partial charge in [0.15, 0.2) is 5.69 Å². The van der Waals surface area contributed by atoms with Gasteiger partial charge in [-0.1, -0.05) is 24.3 Å². The molecule has 26 heavy (non-hydrogen) atoms. The van der Waals surface area contributed by atoms with Crippen LogP contribution in [0.2, 0.25) is 0 Å². The van der Waals surface area contributed by atoms with Crippen LogP contribution in [0.15, 0.2) is 54.7 Å². The molecular weight excluding hydrogens is 343 g/mol. The lowest BCUT2D eigenvalue weighted by Gasteiger charge is -2.13. The number of hydrogen-bond acceptors (Lipinski definition) is 2. The summed E-state index contributed by atoms with van der Waals surface area (Å²) in [5.41, 5.74) is 0.831. The summed E-state index contributed by atoms with van der Waals surface area (Å²) >= 11 is 0. The Hall–Kier alpha value is -3.09. The second kappa shape index (κ2) is 6.67. The van der Waals surface area contributed by atoms with Gasteiger partial charge >= 0.3 is 6.18 Å². The summed E-state index contributed by atoms with van der Waals surface area (Å²) in [6, 6.07) is 13.2. The molecule has 0 saturated heterocycles. The summed E-state index contributed by atoms with van der Waals surface area (Å²) in [6.07, 6.45) is -3.80. The van der Waals surface area contributed by atoms with E-state index in [0.29, 0.717) is 5.69 Å². The molecule has 3 aromatic rings. The van der Waals surface area contributed by atoms with Crippen molar-refractivity contribution in [2.24, 2.45) is 0 Å². The molecule has 0 aliphatic heterocycles. The number of halogens is 3. The zero-order valence-electron chi connectivity index (χ0n) is 14.1. The predicted molar refractivity (Wildman–Crippen MR) is 92.4 cm³/mol. The van der Waals surface area contributed by atoms with Crippen molar-refractivity contribution in [2.75, 3.05) is 5.32 Å². The van der Waals surface area contributed by atoms with Crippen LogP contribution in [-0.2, 0) is 6.18 Å². The average Bonchev–Trinajstić information content (AvgIpc) is 3.00. The van der Waals surface area contributed by atoms with Gasteiger partial charge in [0, 0.05) is 5.69 Å². The normalized spacial score (nSPS) is 11.4. The number of anilines is 1. The minimum Gasteiger partial charge on any atom is -0.322 e. The maximum atomic E-state index is 13.6. The maximum Gasteiger partial charge on any atom is 0.434 e. The van der Waals surface area contributed by atoms with Crippen LogP contribution in [0.3, 0.4) is 0 Å². The first kappa shape index (κ1) is 17.7. The smallest absolute Gasteiger partial charge is 0.322 e. The number of rotatable bonds is 3. The van der Waals surface area contributed by atoms with Gasteiger partial charge in [-0.25, -0.2) is 4.68 Å². The maximum absolute atomic E-state index is 13.6. The molecule has 7 heteroatoms.